The Bertz CT molecular complexity index is 409. The number of carbonyl (C=O) groups is 2. The van der Waals surface area contributed by atoms with Gasteiger partial charge >= 0.3 is 11.8 Å². The van der Waals surface area contributed by atoms with E-state index in [9.17, 15) is 9.59 Å². The molecule has 0 saturated heterocycles. The molecule has 1 heterocycles. The van der Waals surface area contributed by atoms with Gasteiger partial charge in [-0.3, -0.25) is 14.6 Å². The van der Waals surface area contributed by atoms with Crippen molar-refractivity contribution in [1.82, 2.24) is 15.2 Å². The van der Waals surface area contributed by atoms with Gasteiger partial charge in [0.25, 0.3) is 0 Å². The molecule has 0 unspecified atom stereocenters. The topological polar surface area (TPSA) is 82.5 Å². The lowest BCUT2D eigenvalue weighted by atomic mass is 10.2. The van der Waals surface area contributed by atoms with Crippen LogP contribution in [0.5, 0.6) is 0 Å². The summed E-state index contributed by atoms with van der Waals surface area (Å²) in [4.78, 5) is 28.7. The van der Waals surface area contributed by atoms with Gasteiger partial charge in [0.15, 0.2) is 0 Å². The average molecular weight is 265 g/mol. The molecule has 0 fully saturated rings. The summed E-state index contributed by atoms with van der Waals surface area (Å²) >= 11 is 0. The third-order valence-corrected chi connectivity index (χ3v) is 2.68. The van der Waals surface area contributed by atoms with Crippen molar-refractivity contribution in [1.29, 1.82) is 0 Å². The molecule has 0 aliphatic carbocycles. The van der Waals surface area contributed by atoms with Crippen molar-refractivity contribution in [2.45, 2.75) is 13.3 Å². The summed E-state index contributed by atoms with van der Waals surface area (Å²) in [5.74, 6) is -1.24. The molecule has 6 heteroatoms. The van der Waals surface area contributed by atoms with E-state index in [4.69, 9.17) is 5.11 Å². The molecule has 1 aromatic rings. The number of hydrogen-bond acceptors (Lipinski definition) is 4. The van der Waals surface area contributed by atoms with E-state index in [0.717, 1.165) is 5.56 Å². The standard InChI is InChI=1S/C13H19N3O3/c1-2-16(13(19)12(18)15-8-10-17)9-5-11-3-6-14-7-4-11/h3-4,6-7,17H,2,5,8-10H2,1H3,(H,15,18). The predicted octanol–water partition coefficient (Wildman–Crippen LogP) is -0.419. The summed E-state index contributed by atoms with van der Waals surface area (Å²) in [5, 5.41) is 11.0. The van der Waals surface area contributed by atoms with Gasteiger partial charge in [-0.25, -0.2) is 0 Å². The van der Waals surface area contributed by atoms with E-state index >= 15 is 0 Å². The monoisotopic (exact) mass is 265 g/mol. The van der Waals surface area contributed by atoms with Crippen LogP contribution in [0.1, 0.15) is 12.5 Å². The Morgan fingerprint density at radius 1 is 1.37 bits per heavy atom. The number of carbonyl (C=O) groups excluding carboxylic acids is 2. The molecule has 104 valence electrons. The maximum atomic E-state index is 11.8. The van der Waals surface area contributed by atoms with Gasteiger partial charge in [0.2, 0.25) is 0 Å². The van der Waals surface area contributed by atoms with Crippen molar-refractivity contribution in [3.8, 4) is 0 Å². The van der Waals surface area contributed by atoms with E-state index in [-0.39, 0.29) is 13.2 Å². The van der Waals surface area contributed by atoms with Crippen LogP contribution in [0.2, 0.25) is 0 Å². The first-order valence-electron chi connectivity index (χ1n) is 6.26. The number of amides is 2. The van der Waals surface area contributed by atoms with Crippen LogP contribution < -0.4 is 5.32 Å². The lowest BCUT2D eigenvalue weighted by Gasteiger charge is -2.20. The number of aromatic nitrogens is 1. The highest BCUT2D eigenvalue weighted by atomic mass is 16.3. The number of hydrogen-bond donors (Lipinski definition) is 2. The molecule has 6 nitrogen and oxygen atoms in total. The minimum absolute atomic E-state index is 0.0898. The van der Waals surface area contributed by atoms with Crippen molar-refractivity contribution in [3.63, 3.8) is 0 Å². The van der Waals surface area contributed by atoms with Gasteiger partial charge in [-0.15, -0.1) is 0 Å². The third-order valence-electron chi connectivity index (χ3n) is 2.68. The van der Waals surface area contributed by atoms with Crippen molar-refractivity contribution in [2.24, 2.45) is 0 Å². The molecule has 1 rings (SSSR count). The first-order chi connectivity index (χ1) is 9.19. The molecule has 0 aliphatic rings. The van der Waals surface area contributed by atoms with Crippen LogP contribution in [-0.2, 0) is 16.0 Å². The fraction of sp³-hybridized carbons (Fsp3) is 0.462. The summed E-state index contributed by atoms with van der Waals surface area (Å²) in [6.45, 7) is 2.68. The number of rotatable bonds is 6. The second kappa shape index (κ2) is 8.20. The van der Waals surface area contributed by atoms with Gasteiger partial charge in [0.05, 0.1) is 6.61 Å². The van der Waals surface area contributed by atoms with Crippen molar-refractivity contribution >= 4 is 11.8 Å². The van der Waals surface area contributed by atoms with E-state index in [1.54, 1.807) is 12.4 Å². The fourth-order valence-electron chi connectivity index (χ4n) is 1.61. The molecular weight excluding hydrogens is 246 g/mol. The molecule has 2 N–H and O–H groups in total. The first-order valence-corrected chi connectivity index (χ1v) is 6.26. The van der Waals surface area contributed by atoms with E-state index in [1.807, 2.05) is 19.1 Å². The summed E-state index contributed by atoms with van der Waals surface area (Å²) < 4.78 is 0. The lowest BCUT2D eigenvalue weighted by molar-refractivity contribution is -0.145. The second-order valence-corrected chi connectivity index (χ2v) is 3.97. The molecular formula is C13H19N3O3. The molecule has 19 heavy (non-hydrogen) atoms. The quantitative estimate of drug-likeness (QED) is 0.684. The van der Waals surface area contributed by atoms with Gasteiger partial charge in [-0.1, -0.05) is 0 Å². The SMILES string of the molecule is CCN(CCc1ccncc1)C(=O)C(=O)NCCO. The highest BCUT2D eigenvalue weighted by molar-refractivity contribution is 6.34. The van der Waals surface area contributed by atoms with Gasteiger partial charge in [0, 0.05) is 32.0 Å². The zero-order valence-corrected chi connectivity index (χ0v) is 11.0. The van der Waals surface area contributed by atoms with Crippen LogP contribution in [0.3, 0.4) is 0 Å². The number of pyridine rings is 1. The lowest BCUT2D eigenvalue weighted by Crippen LogP contribution is -2.44. The van der Waals surface area contributed by atoms with Crippen LogP contribution in [0.15, 0.2) is 24.5 Å². The molecule has 1 aromatic heterocycles. The molecule has 0 spiro atoms. The number of nitrogens with one attached hydrogen (secondary N) is 1. The Kier molecular flexibility index (Phi) is 6.52. The summed E-state index contributed by atoms with van der Waals surface area (Å²) in [6, 6.07) is 3.76. The second-order valence-electron chi connectivity index (χ2n) is 3.97. The van der Waals surface area contributed by atoms with Crippen LogP contribution >= 0.6 is 0 Å². The van der Waals surface area contributed by atoms with E-state index in [0.29, 0.717) is 19.5 Å². The number of aliphatic hydroxyl groups is 1. The number of aliphatic hydroxyl groups excluding tert-OH is 1. The molecule has 0 saturated carbocycles. The number of likely N-dealkylation sites (N-methyl/N-ethyl adjacent to an activating group) is 1. The largest absolute Gasteiger partial charge is 0.395 e. The van der Waals surface area contributed by atoms with Crippen LogP contribution in [0, 0.1) is 0 Å². The predicted molar refractivity (Wildman–Crippen MR) is 70.3 cm³/mol. The van der Waals surface area contributed by atoms with Gasteiger partial charge in [-0.2, -0.15) is 0 Å². The van der Waals surface area contributed by atoms with Gasteiger partial charge < -0.3 is 15.3 Å². The Balaban J connectivity index is 2.48. The third kappa shape index (κ3) is 5.05. The summed E-state index contributed by atoms with van der Waals surface area (Å²) in [6.07, 6.45) is 4.07. The Labute approximate surface area is 112 Å². The highest BCUT2D eigenvalue weighted by Crippen LogP contribution is 2.00. The minimum Gasteiger partial charge on any atom is -0.395 e. The first kappa shape index (κ1) is 15.1. The average Bonchev–Trinajstić information content (AvgIpc) is 2.46. The van der Waals surface area contributed by atoms with Gasteiger partial charge in [-0.05, 0) is 31.0 Å². The summed E-state index contributed by atoms with van der Waals surface area (Å²) in [5.41, 5.74) is 1.07. The molecule has 0 bridgehead atoms. The van der Waals surface area contributed by atoms with Crippen molar-refractivity contribution in [2.75, 3.05) is 26.2 Å². The van der Waals surface area contributed by atoms with Crippen LogP contribution in [0.25, 0.3) is 0 Å². The molecule has 0 aromatic carbocycles. The zero-order chi connectivity index (χ0) is 14.1. The van der Waals surface area contributed by atoms with E-state index in [2.05, 4.69) is 10.3 Å². The van der Waals surface area contributed by atoms with Crippen LogP contribution in [0.4, 0.5) is 0 Å². The minimum atomic E-state index is -0.675. The van der Waals surface area contributed by atoms with Crippen molar-refractivity contribution in [3.05, 3.63) is 30.1 Å². The zero-order valence-electron chi connectivity index (χ0n) is 11.0. The molecule has 0 aliphatic heterocycles. The highest BCUT2D eigenvalue weighted by Gasteiger charge is 2.19. The molecule has 0 radical (unpaired) electrons. The Morgan fingerprint density at radius 3 is 2.63 bits per heavy atom. The Morgan fingerprint density at radius 2 is 2.05 bits per heavy atom. The van der Waals surface area contributed by atoms with Gasteiger partial charge in [0.1, 0.15) is 0 Å². The van der Waals surface area contributed by atoms with Crippen molar-refractivity contribution < 1.29 is 14.7 Å². The molecule has 0 atom stereocenters. The maximum absolute atomic E-state index is 11.8. The van der Waals surface area contributed by atoms with E-state index in [1.165, 1.54) is 4.90 Å². The normalized spacial score (nSPS) is 10.0. The number of nitrogens with zero attached hydrogens (tertiary/aromatic N) is 2. The maximum Gasteiger partial charge on any atom is 0.311 e. The smallest absolute Gasteiger partial charge is 0.311 e. The van der Waals surface area contributed by atoms with Crippen LogP contribution in [-0.4, -0.2) is 53.0 Å². The molecule has 2 amide bonds. The summed E-state index contributed by atoms with van der Waals surface area (Å²) in [7, 11) is 0. The Hall–Kier alpha value is -1.95. The van der Waals surface area contributed by atoms with E-state index < -0.39 is 11.8 Å². The fourth-order valence-corrected chi connectivity index (χ4v) is 1.61.